The zero-order chi connectivity index (χ0) is 15.1. The molecule has 2 amide bonds. The fourth-order valence-corrected chi connectivity index (χ4v) is 1.96. The lowest BCUT2D eigenvalue weighted by Crippen LogP contribution is -2.51. The van der Waals surface area contributed by atoms with Crippen molar-refractivity contribution in [3.05, 3.63) is 35.9 Å². The second-order valence-corrected chi connectivity index (χ2v) is 5.39. The third-order valence-electron chi connectivity index (χ3n) is 3.00. The Bertz CT molecular complexity index is 455. The lowest BCUT2D eigenvalue weighted by molar-refractivity contribution is -0.128. The Morgan fingerprint density at radius 2 is 1.73 bits per heavy atom. The van der Waals surface area contributed by atoms with Crippen LogP contribution >= 0.6 is 12.4 Å². The molecule has 0 saturated heterocycles. The van der Waals surface area contributed by atoms with Crippen LogP contribution in [0.2, 0.25) is 0 Å². The van der Waals surface area contributed by atoms with Gasteiger partial charge in [-0.25, -0.2) is 0 Å². The van der Waals surface area contributed by atoms with Crippen LogP contribution in [0.3, 0.4) is 0 Å². The number of halogens is 1. The fourth-order valence-electron chi connectivity index (χ4n) is 1.96. The summed E-state index contributed by atoms with van der Waals surface area (Å²) < 4.78 is 0. The molecule has 7 N–H and O–H groups in total. The maximum Gasteiger partial charge on any atom is 0.240 e. The van der Waals surface area contributed by atoms with Gasteiger partial charge in [0.25, 0.3) is 0 Å². The van der Waals surface area contributed by atoms with Gasteiger partial charge in [0.15, 0.2) is 0 Å². The van der Waals surface area contributed by atoms with Gasteiger partial charge >= 0.3 is 0 Å². The van der Waals surface area contributed by atoms with Crippen LogP contribution in [-0.2, 0) is 16.0 Å². The average Bonchev–Trinajstić information content (AvgIpc) is 2.38. The zero-order valence-electron chi connectivity index (χ0n) is 12.9. The number of carbonyl (C=O) groups excluding carboxylic acids is 2. The molecular formula is C15H26ClN3O3. The van der Waals surface area contributed by atoms with E-state index in [0.717, 1.165) is 5.56 Å². The molecule has 0 fully saturated rings. The van der Waals surface area contributed by atoms with Crippen molar-refractivity contribution >= 4 is 24.2 Å². The maximum atomic E-state index is 12.0. The van der Waals surface area contributed by atoms with E-state index in [1.54, 1.807) is 0 Å². The normalized spacial score (nSPS) is 12.5. The van der Waals surface area contributed by atoms with Crippen molar-refractivity contribution in [2.75, 3.05) is 0 Å². The van der Waals surface area contributed by atoms with Gasteiger partial charge in [0.1, 0.15) is 6.04 Å². The molecule has 6 nitrogen and oxygen atoms in total. The maximum absolute atomic E-state index is 12.0. The molecule has 1 rings (SSSR count). The van der Waals surface area contributed by atoms with Crippen LogP contribution in [0.5, 0.6) is 0 Å². The number of hydrogen-bond donors (Lipinski definition) is 3. The zero-order valence-corrected chi connectivity index (χ0v) is 13.7. The van der Waals surface area contributed by atoms with E-state index in [2.05, 4.69) is 5.32 Å². The van der Waals surface area contributed by atoms with E-state index in [-0.39, 0.29) is 29.7 Å². The van der Waals surface area contributed by atoms with Crippen molar-refractivity contribution in [3.63, 3.8) is 0 Å². The van der Waals surface area contributed by atoms with Crippen LogP contribution in [0.15, 0.2) is 30.3 Å². The van der Waals surface area contributed by atoms with Crippen molar-refractivity contribution in [1.29, 1.82) is 0 Å². The minimum absolute atomic E-state index is 0. The predicted molar refractivity (Wildman–Crippen MR) is 89.6 cm³/mol. The Morgan fingerprint density at radius 1 is 1.18 bits per heavy atom. The molecule has 0 heterocycles. The second-order valence-electron chi connectivity index (χ2n) is 5.39. The molecular weight excluding hydrogens is 306 g/mol. The summed E-state index contributed by atoms with van der Waals surface area (Å²) in [6.07, 6.45) is 0.943. The summed E-state index contributed by atoms with van der Waals surface area (Å²) in [5.41, 5.74) is 12.1. The first-order chi connectivity index (χ1) is 9.40. The molecule has 7 heteroatoms. The quantitative estimate of drug-likeness (QED) is 0.658. The monoisotopic (exact) mass is 331 g/mol. The first kappa shape index (κ1) is 22.6. The molecule has 0 spiro atoms. The van der Waals surface area contributed by atoms with Crippen molar-refractivity contribution in [1.82, 2.24) is 5.32 Å². The van der Waals surface area contributed by atoms with Gasteiger partial charge in [-0.05, 0) is 24.3 Å². The molecule has 126 valence electrons. The van der Waals surface area contributed by atoms with E-state index < -0.39 is 18.0 Å². The van der Waals surface area contributed by atoms with Crippen molar-refractivity contribution in [2.24, 2.45) is 17.4 Å². The van der Waals surface area contributed by atoms with E-state index in [4.69, 9.17) is 11.5 Å². The average molecular weight is 332 g/mol. The Balaban J connectivity index is 0. The summed E-state index contributed by atoms with van der Waals surface area (Å²) in [5.74, 6) is -0.615. The molecule has 1 aromatic carbocycles. The SMILES string of the molecule is CC(C)C[C@H](NC(=O)[C@@H](N)Cc1ccccc1)C(N)=O.Cl.O. The van der Waals surface area contributed by atoms with E-state index in [1.807, 2.05) is 44.2 Å². The van der Waals surface area contributed by atoms with E-state index >= 15 is 0 Å². The highest BCUT2D eigenvalue weighted by molar-refractivity contribution is 5.89. The summed E-state index contributed by atoms with van der Waals surface area (Å²) in [6.45, 7) is 3.93. The third-order valence-corrected chi connectivity index (χ3v) is 3.00. The number of hydrogen-bond acceptors (Lipinski definition) is 3. The molecule has 0 aliphatic rings. The van der Waals surface area contributed by atoms with Crippen LogP contribution in [0, 0.1) is 5.92 Å². The minimum Gasteiger partial charge on any atom is -0.412 e. The molecule has 0 saturated carbocycles. The number of primary amides is 1. The van der Waals surface area contributed by atoms with Gasteiger partial charge in [0.05, 0.1) is 6.04 Å². The number of benzene rings is 1. The van der Waals surface area contributed by atoms with Crippen LogP contribution in [0.4, 0.5) is 0 Å². The van der Waals surface area contributed by atoms with E-state index in [0.29, 0.717) is 12.8 Å². The first-order valence-electron chi connectivity index (χ1n) is 6.79. The van der Waals surface area contributed by atoms with Crippen LogP contribution < -0.4 is 16.8 Å². The Kier molecular flexibility index (Phi) is 11.3. The molecule has 0 aliphatic carbocycles. The third kappa shape index (κ3) is 7.97. The fraction of sp³-hybridized carbons (Fsp3) is 0.467. The Labute approximate surface area is 137 Å². The van der Waals surface area contributed by atoms with Gasteiger partial charge in [-0.2, -0.15) is 0 Å². The van der Waals surface area contributed by atoms with Crippen molar-refractivity contribution in [2.45, 2.75) is 38.8 Å². The minimum atomic E-state index is -0.689. The Hall–Kier alpha value is -1.63. The second kappa shape index (κ2) is 11.0. The summed E-state index contributed by atoms with van der Waals surface area (Å²) in [4.78, 5) is 23.3. The molecule has 2 atom stereocenters. The Morgan fingerprint density at radius 3 is 2.18 bits per heavy atom. The van der Waals surface area contributed by atoms with Gasteiger partial charge in [-0.3, -0.25) is 9.59 Å². The van der Waals surface area contributed by atoms with Crippen molar-refractivity contribution < 1.29 is 15.1 Å². The number of nitrogens with two attached hydrogens (primary N) is 2. The largest absolute Gasteiger partial charge is 0.412 e. The number of nitrogens with one attached hydrogen (secondary N) is 1. The number of amides is 2. The standard InChI is InChI=1S/C15H23N3O2.ClH.H2O/c1-10(2)8-13(14(17)19)18-15(20)12(16)9-11-6-4-3-5-7-11;;/h3-7,10,12-13H,8-9,16H2,1-2H3,(H2,17,19)(H,18,20);1H;1H2/t12-,13-;;/m0../s1. The first-order valence-corrected chi connectivity index (χ1v) is 6.79. The van der Waals surface area contributed by atoms with Gasteiger partial charge in [0, 0.05) is 0 Å². The van der Waals surface area contributed by atoms with Gasteiger partial charge in [-0.15, -0.1) is 12.4 Å². The summed E-state index contributed by atoms with van der Waals surface area (Å²) >= 11 is 0. The number of rotatable bonds is 7. The van der Waals surface area contributed by atoms with E-state index in [9.17, 15) is 9.59 Å². The smallest absolute Gasteiger partial charge is 0.240 e. The molecule has 0 unspecified atom stereocenters. The highest BCUT2D eigenvalue weighted by atomic mass is 35.5. The highest BCUT2D eigenvalue weighted by Gasteiger charge is 2.22. The van der Waals surface area contributed by atoms with Crippen molar-refractivity contribution in [3.8, 4) is 0 Å². The van der Waals surface area contributed by atoms with Crippen LogP contribution in [0.25, 0.3) is 0 Å². The summed E-state index contributed by atoms with van der Waals surface area (Å²) in [6, 6.07) is 8.16. The van der Waals surface area contributed by atoms with Gasteiger partial charge in [0.2, 0.25) is 11.8 Å². The van der Waals surface area contributed by atoms with Crippen LogP contribution in [0.1, 0.15) is 25.8 Å². The molecule has 0 aromatic heterocycles. The van der Waals surface area contributed by atoms with Crippen LogP contribution in [-0.4, -0.2) is 29.4 Å². The van der Waals surface area contributed by atoms with Gasteiger partial charge < -0.3 is 22.3 Å². The number of carbonyl (C=O) groups is 2. The molecule has 22 heavy (non-hydrogen) atoms. The topological polar surface area (TPSA) is 130 Å². The summed E-state index contributed by atoms with van der Waals surface area (Å²) in [7, 11) is 0. The lowest BCUT2D eigenvalue weighted by Gasteiger charge is -2.20. The van der Waals surface area contributed by atoms with Gasteiger partial charge in [-0.1, -0.05) is 44.2 Å². The van der Waals surface area contributed by atoms with E-state index in [1.165, 1.54) is 0 Å². The summed E-state index contributed by atoms with van der Waals surface area (Å²) in [5, 5.41) is 2.63. The highest BCUT2D eigenvalue weighted by Crippen LogP contribution is 2.06. The lowest BCUT2D eigenvalue weighted by atomic mass is 10.0. The predicted octanol–water partition coefficient (Wildman–Crippen LogP) is 0.170. The molecule has 1 aromatic rings. The molecule has 0 aliphatic heterocycles. The molecule has 0 bridgehead atoms. The molecule has 0 radical (unpaired) electrons.